The summed E-state index contributed by atoms with van der Waals surface area (Å²) < 4.78 is 0. The SMILES string of the molecule is [Si]C(c1ccccc1)c1ccccc1.c1ccccc1. The molecule has 3 aromatic carbocycles. The van der Waals surface area contributed by atoms with Gasteiger partial charge in [0, 0.05) is 10.2 Å². The zero-order valence-electron chi connectivity index (χ0n) is 11.3. The molecule has 1 heteroatoms. The first-order valence-corrected chi connectivity index (χ1v) is 7.26. The molecule has 3 aromatic rings. The molecule has 0 aliphatic rings. The maximum absolute atomic E-state index is 3.75. The molecule has 3 radical (unpaired) electrons. The summed E-state index contributed by atoms with van der Waals surface area (Å²) in [5, 5.41) is 0. The van der Waals surface area contributed by atoms with Crippen LogP contribution in [0.2, 0.25) is 0 Å². The maximum atomic E-state index is 3.75. The summed E-state index contributed by atoms with van der Waals surface area (Å²) in [6, 6.07) is 32.8. The molecule has 0 N–H and O–H groups in total. The second kappa shape index (κ2) is 8.13. The summed E-state index contributed by atoms with van der Waals surface area (Å²) in [6.45, 7) is 0. The standard InChI is InChI=1S/C13H11Si.C6H6/c14-13(11-7-3-1-4-8-11)12-9-5-2-6-10-12;1-2-4-6-5-3-1/h1-10,13H;1-6H. The third-order valence-electron chi connectivity index (χ3n) is 2.93. The van der Waals surface area contributed by atoms with Crippen LogP contribution in [0.3, 0.4) is 0 Å². The molecule has 0 heterocycles. The molecule has 0 unspecified atom stereocenters. The zero-order valence-corrected chi connectivity index (χ0v) is 12.3. The first kappa shape index (κ1) is 14.3. The molecule has 0 atom stereocenters. The van der Waals surface area contributed by atoms with Gasteiger partial charge in [-0.3, -0.25) is 0 Å². The Bertz CT molecular complexity index is 510. The highest BCUT2D eigenvalue weighted by molar-refractivity contribution is 6.14. The molecule has 3 rings (SSSR count). The summed E-state index contributed by atoms with van der Waals surface area (Å²) in [6.07, 6.45) is 0. The van der Waals surface area contributed by atoms with E-state index in [0.29, 0.717) is 0 Å². The van der Waals surface area contributed by atoms with Crippen LogP contribution < -0.4 is 0 Å². The molecule has 0 bridgehead atoms. The van der Waals surface area contributed by atoms with Gasteiger partial charge in [-0.1, -0.05) is 97.1 Å². The Labute approximate surface area is 124 Å². The second-order valence-electron chi connectivity index (χ2n) is 4.41. The van der Waals surface area contributed by atoms with Gasteiger partial charge in [0.25, 0.3) is 0 Å². The van der Waals surface area contributed by atoms with Gasteiger partial charge >= 0.3 is 0 Å². The molecular weight excluding hydrogens is 256 g/mol. The average Bonchev–Trinajstić information content (AvgIpc) is 2.58. The summed E-state index contributed by atoms with van der Waals surface area (Å²) >= 11 is 0. The van der Waals surface area contributed by atoms with Gasteiger partial charge in [0.2, 0.25) is 0 Å². The van der Waals surface area contributed by atoms with E-state index in [2.05, 4.69) is 58.8 Å². The largest absolute Gasteiger partial charge is 0.0623 e. The van der Waals surface area contributed by atoms with Crippen LogP contribution in [0.5, 0.6) is 0 Å². The number of benzene rings is 3. The molecule has 0 aliphatic heterocycles. The van der Waals surface area contributed by atoms with E-state index >= 15 is 0 Å². The van der Waals surface area contributed by atoms with Gasteiger partial charge in [0.1, 0.15) is 0 Å². The van der Waals surface area contributed by atoms with Gasteiger partial charge in [0.05, 0.1) is 0 Å². The molecule has 0 fully saturated rings. The molecular formula is C19H17Si. The number of hydrogen-bond donors (Lipinski definition) is 0. The summed E-state index contributed by atoms with van der Waals surface area (Å²) in [5.41, 5.74) is 2.86. The van der Waals surface area contributed by atoms with Gasteiger partial charge < -0.3 is 0 Å². The maximum Gasteiger partial charge on any atom is 0.0396 e. The monoisotopic (exact) mass is 273 g/mol. The van der Waals surface area contributed by atoms with Crippen molar-refractivity contribution in [3.63, 3.8) is 0 Å². The molecule has 0 aliphatic carbocycles. The van der Waals surface area contributed by atoms with Crippen molar-refractivity contribution in [2.24, 2.45) is 0 Å². The van der Waals surface area contributed by atoms with E-state index in [1.807, 2.05) is 48.5 Å². The summed E-state index contributed by atoms with van der Waals surface area (Å²) in [7, 11) is 3.75. The highest BCUT2D eigenvalue weighted by Gasteiger charge is 2.06. The average molecular weight is 273 g/mol. The Hall–Kier alpha value is -2.12. The van der Waals surface area contributed by atoms with Crippen molar-refractivity contribution in [3.8, 4) is 0 Å². The predicted octanol–water partition coefficient (Wildman–Crippen LogP) is 4.63. The highest BCUT2D eigenvalue weighted by atomic mass is 28.1. The van der Waals surface area contributed by atoms with Crippen LogP contribution in [0.1, 0.15) is 16.7 Å². The van der Waals surface area contributed by atoms with Gasteiger partial charge in [-0.2, -0.15) is 0 Å². The van der Waals surface area contributed by atoms with Crippen molar-refractivity contribution in [2.75, 3.05) is 0 Å². The van der Waals surface area contributed by atoms with Crippen LogP contribution in [-0.4, -0.2) is 10.2 Å². The minimum atomic E-state index is 0.289. The second-order valence-corrected chi connectivity index (χ2v) is 4.99. The van der Waals surface area contributed by atoms with Crippen LogP contribution in [-0.2, 0) is 0 Å². The Morgan fingerprint density at radius 3 is 1.00 bits per heavy atom. The summed E-state index contributed by atoms with van der Waals surface area (Å²) in [4.78, 5) is 0. The molecule has 97 valence electrons. The van der Waals surface area contributed by atoms with E-state index in [4.69, 9.17) is 0 Å². The third-order valence-corrected chi connectivity index (χ3v) is 3.60. The van der Waals surface area contributed by atoms with Crippen LogP contribution in [0.25, 0.3) is 0 Å². The van der Waals surface area contributed by atoms with Gasteiger partial charge in [-0.05, 0) is 16.7 Å². The lowest BCUT2D eigenvalue weighted by Gasteiger charge is -2.11. The Morgan fingerprint density at radius 1 is 0.450 bits per heavy atom. The van der Waals surface area contributed by atoms with E-state index in [-0.39, 0.29) is 5.54 Å². The lowest BCUT2D eigenvalue weighted by Crippen LogP contribution is -1.99. The van der Waals surface area contributed by atoms with E-state index in [1.54, 1.807) is 0 Å². The molecule has 0 amide bonds. The van der Waals surface area contributed by atoms with Crippen molar-refractivity contribution >= 4 is 10.2 Å². The minimum Gasteiger partial charge on any atom is -0.0623 e. The fourth-order valence-electron chi connectivity index (χ4n) is 1.87. The lowest BCUT2D eigenvalue weighted by atomic mass is 10.0. The first-order chi connectivity index (χ1) is 9.88. The molecule has 0 spiro atoms. The Kier molecular flexibility index (Phi) is 5.81. The van der Waals surface area contributed by atoms with E-state index in [9.17, 15) is 0 Å². The fraction of sp³-hybridized carbons (Fsp3) is 0.0526. The van der Waals surface area contributed by atoms with Crippen LogP contribution in [0, 0.1) is 0 Å². The van der Waals surface area contributed by atoms with E-state index in [1.165, 1.54) is 11.1 Å². The van der Waals surface area contributed by atoms with Crippen molar-refractivity contribution in [2.45, 2.75) is 5.54 Å². The van der Waals surface area contributed by atoms with E-state index in [0.717, 1.165) is 0 Å². The molecule has 0 saturated carbocycles. The van der Waals surface area contributed by atoms with Crippen molar-refractivity contribution in [1.29, 1.82) is 0 Å². The van der Waals surface area contributed by atoms with Crippen LogP contribution in [0.4, 0.5) is 0 Å². The zero-order chi connectivity index (χ0) is 14.0. The quantitative estimate of drug-likeness (QED) is 0.597. The highest BCUT2D eigenvalue weighted by Crippen LogP contribution is 2.20. The van der Waals surface area contributed by atoms with Crippen LogP contribution in [0.15, 0.2) is 97.1 Å². The van der Waals surface area contributed by atoms with Gasteiger partial charge in [-0.25, -0.2) is 0 Å². The van der Waals surface area contributed by atoms with Gasteiger partial charge in [-0.15, -0.1) is 0 Å². The fourth-order valence-corrected chi connectivity index (χ4v) is 2.25. The first-order valence-electron chi connectivity index (χ1n) is 6.69. The van der Waals surface area contributed by atoms with Crippen LogP contribution >= 0.6 is 0 Å². The molecule has 20 heavy (non-hydrogen) atoms. The Balaban J connectivity index is 0.000000205. The normalized spacial score (nSPS) is 9.70. The summed E-state index contributed by atoms with van der Waals surface area (Å²) in [5.74, 6) is 0. The Morgan fingerprint density at radius 2 is 0.700 bits per heavy atom. The van der Waals surface area contributed by atoms with E-state index < -0.39 is 0 Å². The number of hydrogen-bond acceptors (Lipinski definition) is 0. The smallest absolute Gasteiger partial charge is 0.0396 e. The lowest BCUT2D eigenvalue weighted by molar-refractivity contribution is 1.14. The topological polar surface area (TPSA) is 0 Å². The van der Waals surface area contributed by atoms with Gasteiger partial charge in [0.15, 0.2) is 0 Å². The third kappa shape index (κ3) is 4.52. The predicted molar refractivity (Wildman–Crippen MR) is 86.9 cm³/mol. The molecule has 0 aromatic heterocycles. The minimum absolute atomic E-state index is 0.289. The van der Waals surface area contributed by atoms with Crippen molar-refractivity contribution < 1.29 is 0 Å². The van der Waals surface area contributed by atoms with Crippen molar-refractivity contribution in [3.05, 3.63) is 108 Å². The molecule has 0 saturated heterocycles. The molecule has 0 nitrogen and oxygen atoms in total. The number of rotatable bonds is 2. The van der Waals surface area contributed by atoms with Crippen molar-refractivity contribution in [1.82, 2.24) is 0 Å².